The highest BCUT2D eigenvalue weighted by Crippen LogP contribution is 2.38. The lowest BCUT2D eigenvalue weighted by Crippen LogP contribution is -1.93. The number of fused-ring (bicyclic) bond motifs is 9. The summed E-state index contributed by atoms with van der Waals surface area (Å²) in [6.07, 6.45) is 1.90. The standard InChI is InChI=1S/C46H28N4O/c1-3-11-31(12-4-1)49-41-18-10-8-16-34(41)36-25-29(20-23-42(36)49)39-27-45-37(28-47-39)46-44(51-45)24-22-38(48-46)30-19-21-35-33-15-7-9-17-40(33)50(43(35)26-30)32-13-5-2-6-14-32/h1-28H. The summed E-state index contributed by atoms with van der Waals surface area (Å²) in [6.45, 7) is 0. The van der Waals surface area contributed by atoms with Crippen molar-refractivity contribution in [1.29, 1.82) is 0 Å². The van der Waals surface area contributed by atoms with Crippen molar-refractivity contribution in [1.82, 2.24) is 19.1 Å². The van der Waals surface area contributed by atoms with E-state index in [0.717, 1.165) is 67.0 Å². The number of furan rings is 1. The van der Waals surface area contributed by atoms with Crippen LogP contribution in [-0.4, -0.2) is 19.1 Å². The molecule has 0 aliphatic carbocycles. The number of benzene rings is 6. The third-order valence-corrected chi connectivity index (χ3v) is 10.2. The molecule has 0 saturated carbocycles. The first-order valence-corrected chi connectivity index (χ1v) is 17.2. The van der Waals surface area contributed by atoms with Gasteiger partial charge in [0.25, 0.3) is 0 Å². The Kier molecular flexibility index (Phi) is 5.89. The van der Waals surface area contributed by atoms with Gasteiger partial charge < -0.3 is 13.6 Å². The average molecular weight is 653 g/mol. The summed E-state index contributed by atoms with van der Waals surface area (Å²) in [5.74, 6) is 0. The molecule has 0 radical (unpaired) electrons. The van der Waals surface area contributed by atoms with E-state index >= 15 is 0 Å². The Hall–Kier alpha value is -6.98. The Bertz CT molecular complexity index is 3130. The molecule has 0 amide bonds. The van der Waals surface area contributed by atoms with Crippen molar-refractivity contribution in [3.63, 3.8) is 0 Å². The minimum atomic E-state index is 0.744. The van der Waals surface area contributed by atoms with E-state index in [4.69, 9.17) is 14.4 Å². The molecule has 5 aromatic heterocycles. The molecular weight excluding hydrogens is 625 g/mol. The molecule has 0 saturated heterocycles. The number of hydrogen-bond donors (Lipinski definition) is 0. The molecule has 5 nitrogen and oxygen atoms in total. The van der Waals surface area contributed by atoms with Crippen LogP contribution in [0.3, 0.4) is 0 Å². The minimum Gasteiger partial charge on any atom is -0.454 e. The van der Waals surface area contributed by atoms with Crippen LogP contribution in [0.25, 0.3) is 99.6 Å². The van der Waals surface area contributed by atoms with Crippen LogP contribution in [0, 0.1) is 0 Å². The van der Waals surface area contributed by atoms with E-state index < -0.39 is 0 Å². The summed E-state index contributed by atoms with van der Waals surface area (Å²) in [5, 5.41) is 5.75. The Morgan fingerprint density at radius 3 is 1.73 bits per heavy atom. The molecule has 0 aliphatic rings. The third kappa shape index (κ3) is 4.22. The van der Waals surface area contributed by atoms with E-state index in [1.54, 1.807) is 0 Å². The van der Waals surface area contributed by atoms with Crippen LogP contribution >= 0.6 is 0 Å². The molecule has 0 unspecified atom stereocenters. The van der Waals surface area contributed by atoms with Crippen LogP contribution in [0.5, 0.6) is 0 Å². The van der Waals surface area contributed by atoms with Crippen LogP contribution < -0.4 is 0 Å². The predicted octanol–water partition coefficient (Wildman–Crippen LogP) is 11.9. The van der Waals surface area contributed by atoms with Gasteiger partial charge in [0.05, 0.1) is 38.8 Å². The number of para-hydroxylation sites is 4. The van der Waals surface area contributed by atoms with Crippen LogP contribution in [0.1, 0.15) is 0 Å². The molecule has 0 aliphatic heterocycles. The van der Waals surface area contributed by atoms with Crippen molar-refractivity contribution in [3.8, 4) is 33.9 Å². The van der Waals surface area contributed by atoms with Crippen molar-refractivity contribution in [2.45, 2.75) is 0 Å². The number of rotatable bonds is 4. The van der Waals surface area contributed by atoms with Crippen LogP contribution in [-0.2, 0) is 0 Å². The molecule has 11 aromatic rings. The molecule has 5 heterocycles. The van der Waals surface area contributed by atoms with Gasteiger partial charge in [0.15, 0.2) is 5.58 Å². The monoisotopic (exact) mass is 652 g/mol. The van der Waals surface area contributed by atoms with Gasteiger partial charge in [-0.05, 0) is 66.7 Å². The van der Waals surface area contributed by atoms with Crippen LogP contribution in [0.2, 0.25) is 0 Å². The SMILES string of the molecule is c1ccc(-n2c3ccccc3c3cc(-c4cc5oc6ccc(-c7ccc8c9ccccc9n(-c9ccccc9)c8c7)nc6c5cn4)ccc32)cc1. The first-order chi connectivity index (χ1) is 25.3. The molecule has 6 aromatic carbocycles. The molecule has 5 heteroatoms. The predicted molar refractivity (Wildman–Crippen MR) is 209 cm³/mol. The van der Waals surface area contributed by atoms with Gasteiger partial charge in [-0.25, -0.2) is 4.98 Å². The topological polar surface area (TPSA) is 48.8 Å². The highest BCUT2D eigenvalue weighted by Gasteiger charge is 2.17. The molecule has 0 atom stereocenters. The lowest BCUT2D eigenvalue weighted by atomic mass is 10.1. The molecule has 11 rings (SSSR count). The number of hydrogen-bond acceptors (Lipinski definition) is 3. The fourth-order valence-electron chi connectivity index (χ4n) is 7.83. The molecule has 238 valence electrons. The maximum atomic E-state index is 6.40. The largest absolute Gasteiger partial charge is 0.454 e. The van der Waals surface area contributed by atoms with Gasteiger partial charge in [0, 0.05) is 56.3 Å². The van der Waals surface area contributed by atoms with E-state index in [2.05, 4.69) is 155 Å². The minimum absolute atomic E-state index is 0.744. The van der Waals surface area contributed by atoms with Gasteiger partial charge in [-0.2, -0.15) is 0 Å². The maximum Gasteiger partial charge on any atom is 0.153 e. The lowest BCUT2D eigenvalue weighted by molar-refractivity contribution is 0.668. The zero-order chi connectivity index (χ0) is 33.5. The van der Waals surface area contributed by atoms with Gasteiger partial charge in [-0.15, -0.1) is 0 Å². The van der Waals surface area contributed by atoms with Crippen molar-refractivity contribution in [3.05, 3.63) is 170 Å². The first-order valence-electron chi connectivity index (χ1n) is 17.2. The van der Waals surface area contributed by atoms with Gasteiger partial charge >= 0.3 is 0 Å². The quantitative estimate of drug-likeness (QED) is 0.190. The van der Waals surface area contributed by atoms with Gasteiger partial charge in [-0.1, -0.05) is 91.0 Å². The Balaban J connectivity index is 1.02. The summed E-state index contributed by atoms with van der Waals surface area (Å²) in [4.78, 5) is 10.1. The van der Waals surface area contributed by atoms with Crippen LogP contribution in [0.15, 0.2) is 174 Å². The molecule has 0 N–H and O–H groups in total. The van der Waals surface area contributed by atoms with E-state index in [-0.39, 0.29) is 0 Å². The maximum absolute atomic E-state index is 6.40. The van der Waals surface area contributed by atoms with Crippen molar-refractivity contribution in [2.75, 3.05) is 0 Å². The Morgan fingerprint density at radius 1 is 0.392 bits per heavy atom. The van der Waals surface area contributed by atoms with Crippen molar-refractivity contribution < 1.29 is 4.42 Å². The van der Waals surface area contributed by atoms with Gasteiger partial charge in [0.2, 0.25) is 0 Å². The summed E-state index contributed by atoms with van der Waals surface area (Å²) < 4.78 is 11.1. The number of nitrogens with zero attached hydrogens (tertiary/aromatic N) is 4. The lowest BCUT2D eigenvalue weighted by Gasteiger charge is -2.08. The van der Waals surface area contributed by atoms with E-state index in [0.29, 0.717) is 0 Å². The van der Waals surface area contributed by atoms with E-state index in [1.807, 2.05) is 24.4 Å². The fourth-order valence-corrected chi connectivity index (χ4v) is 7.83. The number of aromatic nitrogens is 4. The zero-order valence-corrected chi connectivity index (χ0v) is 27.4. The molecule has 0 bridgehead atoms. The van der Waals surface area contributed by atoms with Crippen molar-refractivity contribution >= 4 is 65.7 Å². The second-order valence-electron chi connectivity index (χ2n) is 13.1. The summed E-state index contributed by atoms with van der Waals surface area (Å²) in [5.41, 5.74) is 13.1. The smallest absolute Gasteiger partial charge is 0.153 e. The highest BCUT2D eigenvalue weighted by molar-refractivity contribution is 6.12. The van der Waals surface area contributed by atoms with Gasteiger partial charge in [0.1, 0.15) is 11.1 Å². The third-order valence-electron chi connectivity index (χ3n) is 10.2. The van der Waals surface area contributed by atoms with Gasteiger partial charge in [-0.3, -0.25) is 4.98 Å². The Morgan fingerprint density at radius 2 is 0.980 bits per heavy atom. The molecule has 0 fully saturated rings. The molecule has 0 spiro atoms. The van der Waals surface area contributed by atoms with E-state index in [1.165, 1.54) is 32.6 Å². The normalized spacial score (nSPS) is 11.9. The van der Waals surface area contributed by atoms with Crippen molar-refractivity contribution in [2.24, 2.45) is 0 Å². The Labute approximate surface area is 292 Å². The average Bonchev–Trinajstić information content (AvgIpc) is 3.85. The summed E-state index contributed by atoms with van der Waals surface area (Å²) >= 11 is 0. The first kappa shape index (κ1) is 27.9. The molecule has 51 heavy (non-hydrogen) atoms. The highest BCUT2D eigenvalue weighted by atomic mass is 16.3. The number of pyridine rings is 2. The zero-order valence-electron chi connectivity index (χ0n) is 27.4. The fraction of sp³-hybridized carbons (Fsp3) is 0. The second-order valence-corrected chi connectivity index (χ2v) is 13.1. The summed E-state index contributed by atoms with van der Waals surface area (Å²) in [7, 11) is 0. The van der Waals surface area contributed by atoms with Crippen LogP contribution in [0.4, 0.5) is 0 Å². The second kappa shape index (κ2) is 10.8. The van der Waals surface area contributed by atoms with E-state index in [9.17, 15) is 0 Å². The molecular formula is C46H28N4O. The summed E-state index contributed by atoms with van der Waals surface area (Å²) in [6, 6.07) is 57.6.